The average Bonchev–Trinajstić information content (AvgIpc) is 2.53. The van der Waals surface area contributed by atoms with Gasteiger partial charge >= 0.3 is 0 Å². The van der Waals surface area contributed by atoms with Gasteiger partial charge in [-0.2, -0.15) is 0 Å². The lowest BCUT2D eigenvalue weighted by Gasteiger charge is -2.35. The first-order valence-corrected chi connectivity index (χ1v) is 7.94. The Hall–Kier alpha value is -1.53. The third-order valence-electron chi connectivity index (χ3n) is 3.80. The van der Waals surface area contributed by atoms with Crippen LogP contribution in [0.5, 0.6) is 0 Å². The second-order valence-electron chi connectivity index (χ2n) is 5.35. The number of halogens is 3. The number of nitrogens with zero attached hydrogens (tertiary/aromatic N) is 3. The highest BCUT2D eigenvalue weighted by Gasteiger charge is 2.18. The van der Waals surface area contributed by atoms with Crippen LogP contribution in [0.4, 0.5) is 14.6 Å². The fourth-order valence-corrected chi connectivity index (χ4v) is 2.82. The molecule has 0 radical (unpaired) electrons. The molecule has 1 aromatic heterocycles. The minimum absolute atomic E-state index is 0.638. The van der Waals surface area contributed by atoms with Crippen molar-refractivity contribution in [1.82, 2.24) is 9.88 Å². The fraction of sp³-hybridized carbons (Fsp3) is 0.312. The quantitative estimate of drug-likeness (QED) is 0.828. The van der Waals surface area contributed by atoms with Crippen LogP contribution in [-0.2, 0) is 6.54 Å². The van der Waals surface area contributed by atoms with E-state index in [4.69, 9.17) is 0 Å². The second kappa shape index (κ2) is 6.71. The van der Waals surface area contributed by atoms with Gasteiger partial charge in [-0.3, -0.25) is 4.90 Å². The monoisotopic (exact) mass is 367 g/mol. The molecule has 0 atom stereocenters. The van der Waals surface area contributed by atoms with E-state index in [9.17, 15) is 8.78 Å². The van der Waals surface area contributed by atoms with E-state index in [-0.39, 0.29) is 0 Å². The lowest BCUT2D eigenvalue weighted by molar-refractivity contribution is 0.249. The Morgan fingerprint density at radius 1 is 1.00 bits per heavy atom. The van der Waals surface area contributed by atoms with Crippen LogP contribution in [0.25, 0.3) is 0 Å². The molecule has 0 unspecified atom stereocenters. The molecule has 0 amide bonds. The van der Waals surface area contributed by atoms with Crippen molar-refractivity contribution in [3.05, 3.63) is 58.2 Å². The Morgan fingerprint density at radius 2 is 1.77 bits per heavy atom. The summed E-state index contributed by atoms with van der Waals surface area (Å²) < 4.78 is 27.1. The smallest absolute Gasteiger partial charge is 0.159 e. The first-order chi connectivity index (χ1) is 10.6. The number of hydrogen-bond donors (Lipinski definition) is 0. The van der Waals surface area contributed by atoms with Crippen molar-refractivity contribution in [1.29, 1.82) is 0 Å². The number of rotatable bonds is 3. The van der Waals surface area contributed by atoms with Gasteiger partial charge in [-0.25, -0.2) is 13.8 Å². The third-order valence-corrected chi connectivity index (χ3v) is 4.27. The summed E-state index contributed by atoms with van der Waals surface area (Å²) in [7, 11) is 0. The zero-order valence-electron chi connectivity index (χ0n) is 12.0. The summed E-state index contributed by atoms with van der Waals surface area (Å²) in [5.74, 6) is -0.610. The fourth-order valence-electron chi connectivity index (χ4n) is 2.59. The van der Waals surface area contributed by atoms with E-state index in [1.165, 1.54) is 12.1 Å². The maximum atomic E-state index is 13.2. The van der Waals surface area contributed by atoms with Gasteiger partial charge in [0.2, 0.25) is 0 Å². The van der Waals surface area contributed by atoms with Gasteiger partial charge < -0.3 is 4.90 Å². The van der Waals surface area contributed by atoms with Crippen LogP contribution in [0.15, 0.2) is 41.0 Å². The number of hydrogen-bond acceptors (Lipinski definition) is 3. The average molecular weight is 368 g/mol. The SMILES string of the molecule is Fc1ccc(CN2CCN(c3ccc(Br)cn3)CC2)cc1F. The predicted octanol–water partition coefficient (Wildman–Crippen LogP) is 3.44. The van der Waals surface area contributed by atoms with Crippen molar-refractivity contribution < 1.29 is 8.78 Å². The van der Waals surface area contributed by atoms with E-state index >= 15 is 0 Å². The number of anilines is 1. The first kappa shape index (κ1) is 15.4. The number of piperazine rings is 1. The summed E-state index contributed by atoms with van der Waals surface area (Å²) in [6.07, 6.45) is 1.79. The van der Waals surface area contributed by atoms with Crippen molar-refractivity contribution in [3.63, 3.8) is 0 Å². The Balaban J connectivity index is 1.57. The Morgan fingerprint density at radius 3 is 2.41 bits per heavy atom. The molecule has 0 bridgehead atoms. The summed E-state index contributed by atoms with van der Waals surface area (Å²) in [5.41, 5.74) is 0.800. The van der Waals surface area contributed by atoms with Crippen LogP contribution < -0.4 is 4.90 Å². The highest BCUT2D eigenvalue weighted by atomic mass is 79.9. The van der Waals surface area contributed by atoms with Crippen LogP contribution in [0.2, 0.25) is 0 Å². The van der Waals surface area contributed by atoms with Crippen LogP contribution in [0.3, 0.4) is 0 Å². The standard InChI is InChI=1S/C16H16BrF2N3/c17-13-2-4-16(20-10-13)22-7-5-21(6-8-22)11-12-1-3-14(18)15(19)9-12/h1-4,9-10H,5-8,11H2. The highest BCUT2D eigenvalue weighted by molar-refractivity contribution is 9.10. The van der Waals surface area contributed by atoms with Gasteiger partial charge in [0.05, 0.1) is 0 Å². The molecule has 6 heteroatoms. The van der Waals surface area contributed by atoms with Gasteiger partial charge in [0.15, 0.2) is 11.6 Å². The van der Waals surface area contributed by atoms with Crippen molar-refractivity contribution in [2.75, 3.05) is 31.1 Å². The molecule has 2 heterocycles. The van der Waals surface area contributed by atoms with Gasteiger partial charge in [0.25, 0.3) is 0 Å². The highest BCUT2D eigenvalue weighted by Crippen LogP contribution is 2.18. The molecule has 1 aliphatic heterocycles. The molecule has 0 saturated carbocycles. The molecule has 2 aromatic rings. The van der Waals surface area contributed by atoms with Gasteiger partial charge in [0, 0.05) is 43.4 Å². The molecule has 116 valence electrons. The van der Waals surface area contributed by atoms with Crippen LogP contribution in [0.1, 0.15) is 5.56 Å². The van der Waals surface area contributed by atoms with Crippen molar-refractivity contribution in [2.45, 2.75) is 6.54 Å². The van der Waals surface area contributed by atoms with Crippen LogP contribution in [0, 0.1) is 11.6 Å². The van der Waals surface area contributed by atoms with Gasteiger partial charge in [0.1, 0.15) is 5.82 Å². The zero-order chi connectivity index (χ0) is 15.5. The molecule has 1 aromatic carbocycles. The zero-order valence-corrected chi connectivity index (χ0v) is 13.6. The van der Waals surface area contributed by atoms with Crippen molar-refractivity contribution in [2.24, 2.45) is 0 Å². The van der Waals surface area contributed by atoms with E-state index in [1.807, 2.05) is 12.1 Å². The molecule has 0 spiro atoms. The maximum absolute atomic E-state index is 13.2. The minimum atomic E-state index is -0.796. The first-order valence-electron chi connectivity index (χ1n) is 7.14. The molecule has 0 N–H and O–H groups in total. The van der Waals surface area contributed by atoms with Crippen molar-refractivity contribution >= 4 is 21.7 Å². The molecule has 1 fully saturated rings. The van der Waals surface area contributed by atoms with Gasteiger partial charge in [-0.1, -0.05) is 6.07 Å². The van der Waals surface area contributed by atoms with Crippen LogP contribution in [-0.4, -0.2) is 36.1 Å². The largest absolute Gasteiger partial charge is 0.354 e. The molecule has 22 heavy (non-hydrogen) atoms. The van der Waals surface area contributed by atoms with E-state index < -0.39 is 11.6 Å². The molecular formula is C16H16BrF2N3. The minimum Gasteiger partial charge on any atom is -0.354 e. The third kappa shape index (κ3) is 3.62. The predicted molar refractivity (Wildman–Crippen MR) is 85.8 cm³/mol. The van der Waals surface area contributed by atoms with Crippen molar-refractivity contribution in [3.8, 4) is 0 Å². The normalized spacial score (nSPS) is 16.0. The lowest BCUT2D eigenvalue weighted by Crippen LogP contribution is -2.46. The molecular weight excluding hydrogens is 352 g/mol. The molecule has 1 saturated heterocycles. The summed E-state index contributed by atoms with van der Waals surface area (Å²) >= 11 is 3.38. The lowest BCUT2D eigenvalue weighted by atomic mass is 10.2. The molecule has 1 aliphatic rings. The van der Waals surface area contributed by atoms with E-state index in [0.717, 1.165) is 42.0 Å². The summed E-state index contributed by atoms with van der Waals surface area (Å²) in [6.45, 7) is 4.13. The Labute approximate surface area is 136 Å². The summed E-state index contributed by atoms with van der Waals surface area (Å²) in [6, 6.07) is 8.08. The van der Waals surface area contributed by atoms with E-state index in [1.54, 1.807) is 12.3 Å². The second-order valence-corrected chi connectivity index (χ2v) is 6.26. The van der Waals surface area contributed by atoms with E-state index in [0.29, 0.717) is 6.54 Å². The number of aromatic nitrogens is 1. The Kier molecular flexibility index (Phi) is 4.69. The molecule has 0 aliphatic carbocycles. The van der Waals surface area contributed by atoms with Crippen LogP contribution >= 0.6 is 15.9 Å². The summed E-state index contributed by atoms with van der Waals surface area (Å²) in [4.78, 5) is 8.87. The Bertz CT molecular complexity index is 640. The molecule has 3 rings (SSSR count). The topological polar surface area (TPSA) is 19.4 Å². The van der Waals surface area contributed by atoms with Gasteiger partial charge in [-0.15, -0.1) is 0 Å². The summed E-state index contributed by atoms with van der Waals surface area (Å²) in [5, 5.41) is 0. The number of pyridine rings is 1. The van der Waals surface area contributed by atoms with Gasteiger partial charge in [-0.05, 0) is 45.8 Å². The number of benzene rings is 1. The molecule has 3 nitrogen and oxygen atoms in total. The van der Waals surface area contributed by atoms with E-state index in [2.05, 4.69) is 30.7 Å². The maximum Gasteiger partial charge on any atom is 0.159 e.